The molecule has 2 aliphatic heterocycles. The molecule has 2 aromatic heterocycles. The number of morpholine rings is 1. The number of aromatic nitrogens is 4. The third kappa shape index (κ3) is 3.37. The molecular weight excluding hydrogens is 348 g/mol. The molecular formula is C18H26N6O3. The van der Waals surface area contributed by atoms with Crippen LogP contribution in [-0.4, -0.2) is 69.4 Å². The molecule has 1 saturated heterocycles. The van der Waals surface area contributed by atoms with E-state index < -0.39 is 0 Å². The fourth-order valence-corrected chi connectivity index (χ4v) is 3.72. The highest BCUT2D eigenvalue weighted by Crippen LogP contribution is 2.20. The third-order valence-corrected chi connectivity index (χ3v) is 5.23. The SMILES string of the molecule is CC(C)c1ncc2c(=O)n3c(nn12)N(C(=O)CCN1CCOCC1)CCC3. The molecule has 0 bridgehead atoms. The lowest BCUT2D eigenvalue weighted by Crippen LogP contribution is -2.45. The molecule has 0 unspecified atom stereocenters. The molecule has 0 aromatic carbocycles. The predicted molar refractivity (Wildman–Crippen MR) is 100 cm³/mol. The quantitative estimate of drug-likeness (QED) is 0.774. The van der Waals surface area contributed by atoms with Gasteiger partial charge in [-0.25, -0.2) is 9.50 Å². The smallest absolute Gasteiger partial charge is 0.280 e. The molecule has 4 heterocycles. The van der Waals surface area contributed by atoms with E-state index in [-0.39, 0.29) is 17.4 Å². The maximum absolute atomic E-state index is 12.9. The summed E-state index contributed by atoms with van der Waals surface area (Å²) in [6.45, 7) is 9.04. The van der Waals surface area contributed by atoms with Crippen molar-refractivity contribution in [3.05, 3.63) is 22.4 Å². The number of imidazole rings is 1. The minimum Gasteiger partial charge on any atom is -0.379 e. The topological polar surface area (TPSA) is 85.0 Å². The summed E-state index contributed by atoms with van der Waals surface area (Å²) >= 11 is 0. The second kappa shape index (κ2) is 7.40. The van der Waals surface area contributed by atoms with Gasteiger partial charge in [-0.05, 0) is 6.42 Å². The summed E-state index contributed by atoms with van der Waals surface area (Å²) in [6, 6.07) is 0. The average molecular weight is 374 g/mol. The highest BCUT2D eigenvalue weighted by Gasteiger charge is 2.27. The Morgan fingerprint density at radius 2 is 2.00 bits per heavy atom. The number of amides is 1. The number of fused-ring (bicyclic) bond motifs is 2. The summed E-state index contributed by atoms with van der Waals surface area (Å²) in [6.07, 6.45) is 2.74. The molecule has 9 nitrogen and oxygen atoms in total. The van der Waals surface area contributed by atoms with Gasteiger partial charge in [-0.2, -0.15) is 0 Å². The zero-order valence-electron chi connectivity index (χ0n) is 15.9. The lowest BCUT2D eigenvalue weighted by Gasteiger charge is -2.31. The van der Waals surface area contributed by atoms with Gasteiger partial charge in [0.15, 0.2) is 5.52 Å². The van der Waals surface area contributed by atoms with Crippen LogP contribution in [0.2, 0.25) is 0 Å². The molecule has 1 fully saturated rings. The van der Waals surface area contributed by atoms with Crippen LogP contribution in [0, 0.1) is 0 Å². The minimum atomic E-state index is -0.134. The summed E-state index contributed by atoms with van der Waals surface area (Å²) in [7, 11) is 0. The molecule has 2 aromatic rings. The van der Waals surface area contributed by atoms with Gasteiger partial charge >= 0.3 is 0 Å². The molecule has 1 amide bonds. The van der Waals surface area contributed by atoms with E-state index in [0.717, 1.165) is 25.3 Å². The summed E-state index contributed by atoms with van der Waals surface area (Å²) in [4.78, 5) is 34.0. The van der Waals surface area contributed by atoms with Crippen LogP contribution >= 0.6 is 0 Å². The highest BCUT2D eigenvalue weighted by molar-refractivity contribution is 5.92. The first-order valence-electron chi connectivity index (χ1n) is 9.65. The molecule has 0 saturated carbocycles. The Kier molecular flexibility index (Phi) is 4.96. The number of nitrogens with zero attached hydrogens (tertiary/aromatic N) is 6. The number of hydrogen-bond donors (Lipinski definition) is 0. The molecule has 4 rings (SSSR count). The zero-order valence-corrected chi connectivity index (χ0v) is 15.9. The molecule has 146 valence electrons. The van der Waals surface area contributed by atoms with Gasteiger partial charge in [0.2, 0.25) is 11.9 Å². The van der Waals surface area contributed by atoms with Crippen molar-refractivity contribution in [3.63, 3.8) is 0 Å². The maximum atomic E-state index is 12.9. The average Bonchev–Trinajstić information content (AvgIpc) is 3.11. The Hall–Kier alpha value is -2.26. The van der Waals surface area contributed by atoms with E-state index in [0.29, 0.717) is 50.7 Å². The van der Waals surface area contributed by atoms with Crippen LogP contribution < -0.4 is 10.5 Å². The van der Waals surface area contributed by atoms with Crippen molar-refractivity contribution in [2.24, 2.45) is 0 Å². The standard InChI is InChI=1S/C18H26N6O3/c1-13(2)16-19-12-14-17(26)23-6-3-5-22(18(23)20-24(14)16)15(25)4-7-21-8-10-27-11-9-21/h12-13H,3-11H2,1-2H3. The van der Waals surface area contributed by atoms with E-state index in [2.05, 4.69) is 15.0 Å². The van der Waals surface area contributed by atoms with Crippen LogP contribution in [0.1, 0.15) is 38.4 Å². The lowest BCUT2D eigenvalue weighted by atomic mass is 10.2. The van der Waals surface area contributed by atoms with Crippen molar-refractivity contribution in [3.8, 4) is 0 Å². The first-order chi connectivity index (χ1) is 13.1. The van der Waals surface area contributed by atoms with Gasteiger partial charge < -0.3 is 4.74 Å². The Bertz CT molecular complexity index is 896. The first kappa shape index (κ1) is 18.1. The number of rotatable bonds is 4. The van der Waals surface area contributed by atoms with Gasteiger partial charge in [-0.15, -0.1) is 5.10 Å². The zero-order chi connectivity index (χ0) is 19.0. The van der Waals surface area contributed by atoms with Gasteiger partial charge in [-0.1, -0.05) is 13.8 Å². The molecule has 9 heteroatoms. The largest absolute Gasteiger partial charge is 0.379 e. The molecule has 0 atom stereocenters. The highest BCUT2D eigenvalue weighted by atomic mass is 16.5. The number of ether oxygens (including phenoxy) is 1. The maximum Gasteiger partial charge on any atom is 0.280 e. The van der Waals surface area contributed by atoms with E-state index in [1.165, 1.54) is 0 Å². The molecule has 0 N–H and O–H groups in total. The molecule has 0 aliphatic carbocycles. The van der Waals surface area contributed by atoms with Crippen molar-refractivity contribution in [1.82, 2.24) is 24.1 Å². The molecule has 0 radical (unpaired) electrons. The predicted octanol–water partition coefficient (Wildman–Crippen LogP) is 0.473. The van der Waals surface area contributed by atoms with E-state index in [4.69, 9.17) is 4.74 Å². The van der Waals surface area contributed by atoms with Crippen LogP contribution in [0.25, 0.3) is 5.52 Å². The van der Waals surface area contributed by atoms with Crippen LogP contribution in [0.5, 0.6) is 0 Å². The normalized spacial score (nSPS) is 18.3. The van der Waals surface area contributed by atoms with Crippen molar-refractivity contribution < 1.29 is 9.53 Å². The van der Waals surface area contributed by atoms with Crippen LogP contribution in [0.15, 0.2) is 11.0 Å². The summed E-state index contributed by atoms with van der Waals surface area (Å²) in [5, 5.41) is 4.64. The number of hydrogen-bond acceptors (Lipinski definition) is 6. The van der Waals surface area contributed by atoms with Crippen molar-refractivity contribution in [1.29, 1.82) is 0 Å². The summed E-state index contributed by atoms with van der Waals surface area (Å²) < 4.78 is 8.56. The van der Waals surface area contributed by atoms with Crippen molar-refractivity contribution in [2.45, 2.75) is 39.2 Å². The monoisotopic (exact) mass is 374 g/mol. The van der Waals surface area contributed by atoms with Crippen LogP contribution in [-0.2, 0) is 16.1 Å². The van der Waals surface area contributed by atoms with Gasteiger partial charge in [-0.3, -0.25) is 24.0 Å². The first-order valence-corrected chi connectivity index (χ1v) is 9.65. The summed E-state index contributed by atoms with van der Waals surface area (Å²) in [5.74, 6) is 1.31. The summed E-state index contributed by atoms with van der Waals surface area (Å²) in [5.41, 5.74) is 0.329. The van der Waals surface area contributed by atoms with E-state index in [1.54, 1.807) is 20.2 Å². The van der Waals surface area contributed by atoms with Gasteiger partial charge in [0.1, 0.15) is 5.82 Å². The molecule has 27 heavy (non-hydrogen) atoms. The molecule has 2 aliphatic rings. The Labute approximate surface area is 157 Å². The van der Waals surface area contributed by atoms with Gasteiger partial charge in [0.25, 0.3) is 5.56 Å². The second-order valence-corrected chi connectivity index (χ2v) is 7.43. The van der Waals surface area contributed by atoms with Crippen molar-refractivity contribution >= 4 is 17.4 Å². The number of carbonyl (C=O) groups excluding carboxylic acids is 1. The third-order valence-electron chi connectivity index (χ3n) is 5.23. The second-order valence-electron chi connectivity index (χ2n) is 7.43. The van der Waals surface area contributed by atoms with E-state index in [1.807, 2.05) is 13.8 Å². The van der Waals surface area contributed by atoms with Crippen molar-refractivity contribution in [2.75, 3.05) is 44.3 Å². The minimum absolute atomic E-state index is 0.00686. The fraction of sp³-hybridized carbons (Fsp3) is 0.667. The van der Waals surface area contributed by atoms with Crippen LogP contribution in [0.3, 0.4) is 0 Å². The Morgan fingerprint density at radius 1 is 1.22 bits per heavy atom. The van der Waals surface area contributed by atoms with E-state index >= 15 is 0 Å². The lowest BCUT2D eigenvalue weighted by molar-refractivity contribution is -0.119. The van der Waals surface area contributed by atoms with E-state index in [9.17, 15) is 9.59 Å². The Morgan fingerprint density at radius 3 is 2.74 bits per heavy atom. The molecule has 0 spiro atoms. The Balaban J connectivity index is 1.62. The number of anilines is 1. The van der Waals surface area contributed by atoms with Crippen LogP contribution in [0.4, 0.5) is 5.95 Å². The number of carbonyl (C=O) groups is 1. The van der Waals surface area contributed by atoms with Gasteiger partial charge in [0.05, 0.1) is 19.4 Å². The fourth-order valence-electron chi connectivity index (χ4n) is 3.72. The van der Waals surface area contributed by atoms with Gasteiger partial charge in [0, 0.05) is 45.1 Å².